The highest BCUT2D eigenvalue weighted by Crippen LogP contribution is 2.44. The first-order chi connectivity index (χ1) is 13.3. The average Bonchev–Trinajstić information content (AvgIpc) is 2.71. The predicted octanol–water partition coefficient (Wildman–Crippen LogP) is 4.88. The molecular formula is C21H25F2IN2O2. The molecule has 4 heterocycles. The van der Waals surface area contributed by atoms with Crippen molar-refractivity contribution in [1.29, 1.82) is 0 Å². The van der Waals surface area contributed by atoms with Gasteiger partial charge in [0.05, 0.1) is 18.7 Å². The van der Waals surface area contributed by atoms with Gasteiger partial charge in [0.1, 0.15) is 11.4 Å². The Labute approximate surface area is 177 Å². The summed E-state index contributed by atoms with van der Waals surface area (Å²) in [6.45, 7) is 4.16. The van der Waals surface area contributed by atoms with Crippen molar-refractivity contribution in [3.05, 3.63) is 35.5 Å². The highest BCUT2D eigenvalue weighted by Gasteiger charge is 2.43. The minimum Gasteiger partial charge on any atom is -0.497 e. The van der Waals surface area contributed by atoms with E-state index in [2.05, 4.69) is 16.8 Å². The Balaban J connectivity index is 1.78. The number of aliphatic hydroxyl groups excluding tert-OH is 1. The van der Waals surface area contributed by atoms with Crippen LogP contribution in [0, 0.1) is 11.8 Å². The lowest BCUT2D eigenvalue weighted by atomic mass is 9.72. The molecule has 7 heteroatoms. The van der Waals surface area contributed by atoms with E-state index in [4.69, 9.17) is 4.74 Å². The predicted molar refractivity (Wildman–Crippen MR) is 113 cm³/mol. The molecule has 3 saturated heterocycles. The van der Waals surface area contributed by atoms with Gasteiger partial charge >= 0.3 is 3.93 Å². The van der Waals surface area contributed by atoms with E-state index < -0.39 is 10.0 Å². The fourth-order valence-corrected chi connectivity index (χ4v) is 5.20. The summed E-state index contributed by atoms with van der Waals surface area (Å²) < 4.78 is 30.3. The van der Waals surface area contributed by atoms with Crippen molar-refractivity contribution in [3.8, 4) is 5.75 Å². The zero-order valence-electron chi connectivity index (χ0n) is 16.0. The van der Waals surface area contributed by atoms with Crippen molar-refractivity contribution in [2.75, 3.05) is 20.2 Å². The Hall–Kier alpha value is -1.06. The van der Waals surface area contributed by atoms with E-state index in [1.807, 2.05) is 0 Å². The molecule has 2 bridgehead atoms. The second kappa shape index (κ2) is 7.65. The zero-order valence-corrected chi connectivity index (χ0v) is 18.2. The Bertz CT molecular complexity index is 873. The molecule has 1 aromatic heterocycles. The van der Waals surface area contributed by atoms with Crippen LogP contribution >= 0.6 is 22.6 Å². The molecule has 2 aromatic rings. The third-order valence-corrected chi connectivity index (χ3v) is 7.03. The number of nitrogens with zero attached hydrogens (tertiary/aromatic N) is 2. The maximum atomic E-state index is 14.1. The maximum absolute atomic E-state index is 14.1. The number of hydrogen-bond acceptors (Lipinski definition) is 4. The van der Waals surface area contributed by atoms with E-state index in [-0.39, 0.29) is 11.7 Å². The molecule has 3 aliphatic heterocycles. The van der Waals surface area contributed by atoms with Crippen molar-refractivity contribution < 1.29 is 18.6 Å². The van der Waals surface area contributed by atoms with Gasteiger partial charge in [0.2, 0.25) is 0 Å². The van der Waals surface area contributed by atoms with Crippen LogP contribution in [0.25, 0.3) is 10.9 Å². The lowest BCUT2D eigenvalue weighted by molar-refractivity contribution is -0.0562. The molecule has 5 rings (SSSR count). The van der Waals surface area contributed by atoms with E-state index in [9.17, 15) is 13.9 Å². The quantitative estimate of drug-likeness (QED) is 0.468. The summed E-state index contributed by atoms with van der Waals surface area (Å²) in [4.78, 5) is 6.49. The highest BCUT2D eigenvalue weighted by molar-refractivity contribution is 14.1. The summed E-state index contributed by atoms with van der Waals surface area (Å²) in [5.41, 5.74) is 0.647. The molecule has 0 saturated carbocycles. The molecule has 0 radical (unpaired) electrons. The Morgan fingerprint density at radius 1 is 1.39 bits per heavy atom. The third kappa shape index (κ3) is 3.61. The van der Waals surface area contributed by atoms with E-state index in [0.717, 1.165) is 54.9 Å². The number of ether oxygens (including phenoxy) is 1. The molecule has 3 fully saturated rings. The van der Waals surface area contributed by atoms with Crippen molar-refractivity contribution in [2.45, 2.75) is 42.3 Å². The van der Waals surface area contributed by atoms with Gasteiger partial charge in [-0.3, -0.25) is 4.90 Å². The Kier molecular flexibility index (Phi) is 5.52. The van der Waals surface area contributed by atoms with Gasteiger partial charge in [-0.25, -0.2) is 4.98 Å². The van der Waals surface area contributed by atoms with Gasteiger partial charge < -0.3 is 9.84 Å². The molecule has 152 valence electrons. The molecule has 5 atom stereocenters. The van der Waals surface area contributed by atoms with Crippen LogP contribution in [0.1, 0.15) is 43.5 Å². The summed E-state index contributed by atoms with van der Waals surface area (Å²) >= 11 is 1.10. The van der Waals surface area contributed by atoms with Crippen LogP contribution < -0.4 is 4.74 Å². The van der Waals surface area contributed by atoms with Crippen LogP contribution in [0.5, 0.6) is 5.75 Å². The normalized spacial score (nSPS) is 28.5. The fraction of sp³-hybridized carbons (Fsp3) is 0.571. The van der Waals surface area contributed by atoms with Gasteiger partial charge in [-0.05, 0) is 61.1 Å². The number of halogens is 3. The number of alkyl halides is 3. The molecule has 1 N–H and O–H groups in total. The lowest BCUT2D eigenvalue weighted by Gasteiger charge is -2.51. The van der Waals surface area contributed by atoms with Crippen LogP contribution in [0.15, 0.2) is 24.3 Å². The van der Waals surface area contributed by atoms with Crippen molar-refractivity contribution >= 4 is 33.5 Å². The van der Waals surface area contributed by atoms with Crippen LogP contribution in [-0.2, 0) is 3.93 Å². The number of methoxy groups -OCH3 is 1. The first-order valence-corrected chi connectivity index (χ1v) is 10.9. The summed E-state index contributed by atoms with van der Waals surface area (Å²) in [5, 5.41) is 12.0. The first kappa shape index (κ1) is 20.2. The molecule has 1 aromatic carbocycles. The number of benzene rings is 1. The zero-order chi connectivity index (χ0) is 20.1. The van der Waals surface area contributed by atoms with E-state index in [1.165, 1.54) is 6.07 Å². The van der Waals surface area contributed by atoms with Crippen molar-refractivity contribution in [3.63, 3.8) is 0 Å². The van der Waals surface area contributed by atoms with Crippen LogP contribution in [0.2, 0.25) is 0 Å². The fourth-order valence-electron chi connectivity index (χ4n) is 4.93. The second-order valence-electron chi connectivity index (χ2n) is 7.94. The van der Waals surface area contributed by atoms with Gasteiger partial charge in [-0.1, -0.05) is 13.3 Å². The minimum absolute atomic E-state index is 0.0472. The molecule has 0 spiro atoms. The standard InChI is InChI=1S/C21H25F2IN2O2/c1-3-12-11-26-7-6-13(12)8-18(26)20(27)16-10-19(21(22,23)24)25-17-5-4-14(28-2)9-15(16)17/h4-5,9-10,12-13,18,20,27H,3,6-8,11H2,1-2H3/t12?,13?,18?,20-/m1/s1. The monoisotopic (exact) mass is 502 g/mol. The lowest BCUT2D eigenvalue weighted by Crippen LogP contribution is -2.55. The van der Waals surface area contributed by atoms with E-state index in [0.29, 0.717) is 34.1 Å². The smallest absolute Gasteiger partial charge is 0.337 e. The number of hydrogen-bond donors (Lipinski definition) is 1. The molecular weight excluding hydrogens is 477 g/mol. The number of fused-ring (bicyclic) bond motifs is 4. The van der Waals surface area contributed by atoms with E-state index in [1.54, 1.807) is 25.3 Å². The van der Waals surface area contributed by atoms with Crippen molar-refractivity contribution in [2.24, 2.45) is 11.8 Å². The number of pyridine rings is 1. The average molecular weight is 502 g/mol. The van der Waals surface area contributed by atoms with Crippen molar-refractivity contribution in [1.82, 2.24) is 9.88 Å². The SMILES string of the molecule is CCC1CN2CCC1CC2[C@H](O)c1cc(C(F)(F)I)nc2ccc(OC)cc12. The van der Waals surface area contributed by atoms with Crippen LogP contribution in [0.4, 0.5) is 8.78 Å². The minimum atomic E-state index is -3.10. The Morgan fingerprint density at radius 2 is 2.18 bits per heavy atom. The molecule has 0 amide bonds. The Morgan fingerprint density at radius 3 is 2.79 bits per heavy atom. The highest BCUT2D eigenvalue weighted by atomic mass is 127. The van der Waals surface area contributed by atoms with Gasteiger partial charge in [-0.15, -0.1) is 0 Å². The number of aliphatic hydroxyl groups is 1. The van der Waals surface area contributed by atoms with Gasteiger partial charge in [-0.2, -0.15) is 8.78 Å². The number of piperidine rings is 3. The molecule has 0 aliphatic carbocycles. The molecule has 4 nitrogen and oxygen atoms in total. The molecule has 3 aliphatic rings. The summed E-state index contributed by atoms with van der Waals surface area (Å²) in [7, 11) is 1.56. The number of rotatable bonds is 5. The first-order valence-electron chi connectivity index (χ1n) is 9.79. The third-order valence-electron chi connectivity index (χ3n) is 6.48. The maximum Gasteiger partial charge on any atom is 0.337 e. The molecule has 4 unspecified atom stereocenters. The topological polar surface area (TPSA) is 45.6 Å². The van der Waals surface area contributed by atoms with Crippen LogP contribution in [-0.4, -0.2) is 41.2 Å². The summed E-state index contributed by atoms with van der Waals surface area (Å²) in [5.74, 6) is 1.89. The van der Waals surface area contributed by atoms with Gasteiger partial charge in [0, 0.05) is 40.6 Å². The second-order valence-corrected chi connectivity index (χ2v) is 9.29. The molecule has 28 heavy (non-hydrogen) atoms. The summed E-state index contributed by atoms with van der Waals surface area (Å²) in [6, 6.07) is 6.49. The van der Waals surface area contributed by atoms with E-state index >= 15 is 0 Å². The largest absolute Gasteiger partial charge is 0.497 e. The number of aromatic nitrogens is 1. The van der Waals surface area contributed by atoms with Gasteiger partial charge in [0.25, 0.3) is 0 Å². The van der Waals surface area contributed by atoms with Gasteiger partial charge in [0.15, 0.2) is 0 Å². The summed E-state index contributed by atoms with van der Waals surface area (Å²) in [6.07, 6.45) is 2.37. The van der Waals surface area contributed by atoms with Crippen LogP contribution in [0.3, 0.4) is 0 Å².